The van der Waals surface area contributed by atoms with E-state index in [1.807, 2.05) is 0 Å². The molecule has 0 radical (unpaired) electrons. The Morgan fingerprint density at radius 1 is 1.14 bits per heavy atom. The van der Waals surface area contributed by atoms with E-state index in [1.54, 1.807) is 18.4 Å². The number of rotatable bonds is 4. The van der Waals surface area contributed by atoms with Crippen LogP contribution >= 0.6 is 0 Å². The molecule has 2 fully saturated rings. The molecule has 1 spiro atoms. The summed E-state index contributed by atoms with van der Waals surface area (Å²) in [5.41, 5.74) is 2.93. The van der Waals surface area contributed by atoms with E-state index < -0.39 is 10.2 Å². The second kappa shape index (κ2) is 8.03. The molecule has 0 amide bonds. The van der Waals surface area contributed by atoms with Crippen molar-refractivity contribution >= 4 is 10.2 Å². The van der Waals surface area contributed by atoms with Gasteiger partial charge in [0.15, 0.2) is 0 Å². The topological polar surface area (TPSA) is 53.1 Å². The first-order valence-electron chi connectivity index (χ1n) is 10.5. The fourth-order valence-electron chi connectivity index (χ4n) is 5.21. The van der Waals surface area contributed by atoms with Gasteiger partial charge in [-0.2, -0.15) is 17.0 Å². The van der Waals surface area contributed by atoms with Gasteiger partial charge in [0.1, 0.15) is 0 Å². The summed E-state index contributed by atoms with van der Waals surface area (Å²) in [5, 5.41) is 0. The van der Waals surface area contributed by atoms with Crippen LogP contribution in [0.15, 0.2) is 24.3 Å². The van der Waals surface area contributed by atoms with E-state index in [2.05, 4.69) is 29.2 Å². The van der Waals surface area contributed by atoms with Crippen molar-refractivity contribution in [2.24, 2.45) is 5.92 Å². The molecule has 4 rings (SSSR count). The van der Waals surface area contributed by atoms with Crippen LogP contribution in [-0.4, -0.2) is 75.4 Å². The lowest BCUT2D eigenvalue weighted by Crippen LogP contribution is -2.54. The Bertz CT molecular complexity index is 782. The standard InChI is InChI=1S/C21H33N3O3S/c1-22(2)28(25,26)24-11-9-21(10-12-24)17-23(15-18-7-13-27-14-8-18)16-19-5-3-4-6-20(19)21/h3-6,18H,7-17H2,1-2H3. The van der Waals surface area contributed by atoms with Gasteiger partial charge in [0.25, 0.3) is 10.2 Å². The van der Waals surface area contributed by atoms with Crippen molar-refractivity contribution in [3.8, 4) is 0 Å². The van der Waals surface area contributed by atoms with E-state index in [1.165, 1.54) is 15.4 Å². The fourth-order valence-corrected chi connectivity index (χ4v) is 6.32. The number of nitrogens with zero attached hydrogens (tertiary/aromatic N) is 3. The van der Waals surface area contributed by atoms with Gasteiger partial charge in [-0.25, -0.2) is 0 Å². The molecule has 1 aromatic rings. The van der Waals surface area contributed by atoms with E-state index in [0.717, 1.165) is 58.5 Å². The molecule has 0 aliphatic carbocycles. The maximum absolute atomic E-state index is 12.6. The molecular weight excluding hydrogens is 374 g/mol. The quantitative estimate of drug-likeness (QED) is 0.767. The number of hydrogen-bond acceptors (Lipinski definition) is 4. The maximum atomic E-state index is 12.6. The first-order chi connectivity index (χ1) is 13.4. The minimum atomic E-state index is -3.33. The summed E-state index contributed by atoms with van der Waals surface area (Å²) in [4.78, 5) is 2.62. The smallest absolute Gasteiger partial charge is 0.281 e. The Kier molecular flexibility index (Phi) is 5.82. The molecule has 156 valence electrons. The van der Waals surface area contributed by atoms with Crippen LogP contribution in [-0.2, 0) is 26.9 Å². The van der Waals surface area contributed by atoms with Gasteiger partial charge >= 0.3 is 0 Å². The third-order valence-corrected chi connectivity index (χ3v) is 8.77. The van der Waals surface area contributed by atoms with Gasteiger partial charge in [0.05, 0.1) is 0 Å². The molecule has 3 aliphatic heterocycles. The highest BCUT2D eigenvalue weighted by molar-refractivity contribution is 7.86. The predicted molar refractivity (Wildman–Crippen MR) is 110 cm³/mol. The summed E-state index contributed by atoms with van der Waals surface area (Å²) in [6.07, 6.45) is 4.09. The second-order valence-electron chi connectivity index (χ2n) is 8.85. The molecule has 0 N–H and O–H groups in total. The SMILES string of the molecule is CN(C)S(=O)(=O)N1CCC2(CC1)CN(CC1CCOCC1)Cc1ccccc12. The lowest BCUT2D eigenvalue weighted by molar-refractivity contribution is 0.0405. The molecule has 7 heteroatoms. The molecule has 0 atom stereocenters. The van der Waals surface area contributed by atoms with Crippen molar-refractivity contribution in [3.05, 3.63) is 35.4 Å². The van der Waals surface area contributed by atoms with Crippen molar-refractivity contribution in [2.75, 3.05) is 53.5 Å². The van der Waals surface area contributed by atoms with Crippen molar-refractivity contribution < 1.29 is 13.2 Å². The molecule has 0 unspecified atom stereocenters. The Balaban J connectivity index is 1.54. The normalized spacial score (nSPS) is 24.5. The molecule has 1 aromatic carbocycles. The maximum Gasteiger partial charge on any atom is 0.281 e. The average molecular weight is 408 g/mol. The summed E-state index contributed by atoms with van der Waals surface area (Å²) < 4.78 is 33.6. The molecule has 3 heterocycles. The number of benzene rings is 1. The molecule has 0 aromatic heterocycles. The number of piperidine rings is 1. The molecule has 2 saturated heterocycles. The number of ether oxygens (including phenoxy) is 1. The molecule has 6 nitrogen and oxygen atoms in total. The zero-order valence-electron chi connectivity index (χ0n) is 17.1. The average Bonchev–Trinajstić information content (AvgIpc) is 2.69. The van der Waals surface area contributed by atoms with E-state index in [9.17, 15) is 8.42 Å². The molecule has 0 saturated carbocycles. The Morgan fingerprint density at radius 3 is 2.50 bits per heavy atom. The lowest BCUT2D eigenvalue weighted by atomic mass is 9.69. The highest BCUT2D eigenvalue weighted by atomic mass is 32.2. The lowest BCUT2D eigenvalue weighted by Gasteiger charge is -2.49. The molecule has 28 heavy (non-hydrogen) atoms. The second-order valence-corrected chi connectivity index (χ2v) is 11.0. The summed E-state index contributed by atoms with van der Waals surface area (Å²) >= 11 is 0. The van der Waals surface area contributed by atoms with Crippen LogP contribution in [0.3, 0.4) is 0 Å². The Labute approximate surface area is 169 Å². The summed E-state index contributed by atoms with van der Waals surface area (Å²) in [6.45, 7) is 6.14. The fraction of sp³-hybridized carbons (Fsp3) is 0.714. The first kappa shape index (κ1) is 20.3. The van der Waals surface area contributed by atoms with Gasteiger partial charge in [0, 0.05) is 65.4 Å². The largest absolute Gasteiger partial charge is 0.381 e. The van der Waals surface area contributed by atoms with E-state index in [-0.39, 0.29) is 5.41 Å². The predicted octanol–water partition coefficient (Wildman–Crippen LogP) is 2.07. The summed E-state index contributed by atoms with van der Waals surface area (Å²) in [5.74, 6) is 0.713. The van der Waals surface area contributed by atoms with Gasteiger partial charge in [0.2, 0.25) is 0 Å². The Morgan fingerprint density at radius 2 is 1.82 bits per heavy atom. The van der Waals surface area contributed by atoms with E-state index in [4.69, 9.17) is 4.74 Å². The van der Waals surface area contributed by atoms with Crippen molar-refractivity contribution in [1.29, 1.82) is 0 Å². The monoisotopic (exact) mass is 407 g/mol. The Hall–Kier alpha value is -0.990. The third kappa shape index (κ3) is 3.87. The van der Waals surface area contributed by atoms with Crippen LogP contribution in [0.1, 0.15) is 36.8 Å². The van der Waals surface area contributed by atoms with Crippen LogP contribution in [0.2, 0.25) is 0 Å². The summed E-state index contributed by atoms with van der Waals surface area (Å²) in [7, 11) is -0.0971. The van der Waals surface area contributed by atoms with Crippen molar-refractivity contribution in [1.82, 2.24) is 13.5 Å². The van der Waals surface area contributed by atoms with Crippen LogP contribution in [0, 0.1) is 5.92 Å². The molecule has 3 aliphatic rings. The highest BCUT2D eigenvalue weighted by Crippen LogP contribution is 2.42. The minimum absolute atomic E-state index is 0.0678. The summed E-state index contributed by atoms with van der Waals surface area (Å²) in [6, 6.07) is 8.81. The molecular formula is C21H33N3O3S. The van der Waals surface area contributed by atoms with Gasteiger partial charge in [-0.05, 0) is 42.7 Å². The van der Waals surface area contributed by atoms with Crippen LogP contribution in [0.25, 0.3) is 0 Å². The van der Waals surface area contributed by atoms with Crippen LogP contribution in [0.5, 0.6) is 0 Å². The van der Waals surface area contributed by atoms with Crippen LogP contribution < -0.4 is 0 Å². The van der Waals surface area contributed by atoms with Gasteiger partial charge in [-0.15, -0.1) is 0 Å². The minimum Gasteiger partial charge on any atom is -0.381 e. The van der Waals surface area contributed by atoms with Gasteiger partial charge in [-0.3, -0.25) is 4.90 Å². The zero-order valence-corrected chi connectivity index (χ0v) is 18.0. The number of hydrogen-bond donors (Lipinski definition) is 0. The van der Waals surface area contributed by atoms with Crippen molar-refractivity contribution in [3.63, 3.8) is 0 Å². The van der Waals surface area contributed by atoms with E-state index >= 15 is 0 Å². The zero-order chi connectivity index (χ0) is 19.8. The van der Waals surface area contributed by atoms with Gasteiger partial charge in [-0.1, -0.05) is 24.3 Å². The van der Waals surface area contributed by atoms with Crippen LogP contribution in [0.4, 0.5) is 0 Å². The molecule has 0 bridgehead atoms. The van der Waals surface area contributed by atoms with E-state index in [0.29, 0.717) is 19.0 Å². The van der Waals surface area contributed by atoms with Gasteiger partial charge < -0.3 is 4.74 Å². The first-order valence-corrected chi connectivity index (χ1v) is 11.9. The highest BCUT2D eigenvalue weighted by Gasteiger charge is 2.44. The van der Waals surface area contributed by atoms with Crippen molar-refractivity contribution in [2.45, 2.75) is 37.6 Å². The number of fused-ring (bicyclic) bond motifs is 2. The third-order valence-electron chi connectivity index (χ3n) is 6.83.